The van der Waals surface area contributed by atoms with Crippen LogP contribution in [0.2, 0.25) is 5.02 Å². The van der Waals surface area contributed by atoms with Crippen molar-refractivity contribution in [3.63, 3.8) is 0 Å². The molecule has 1 fully saturated rings. The van der Waals surface area contributed by atoms with Crippen molar-refractivity contribution in [3.8, 4) is 11.1 Å². The fourth-order valence-corrected chi connectivity index (χ4v) is 5.43. The van der Waals surface area contributed by atoms with Crippen molar-refractivity contribution in [1.82, 2.24) is 10.2 Å². The molecule has 0 unspecified atom stereocenters. The molecular weight excluding hydrogens is 505 g/mol. The molecule has 1 aliphatic rings. The van der Waals surface area contributed by atoms with Crippen LogP contribution in [0.25, 0.3) is 22.1 Å². The number of likely N-dealkylation sites (tertiary alicyclic amines) is 1. The zero-order valence-electron chi connectivity index (χ0n) is 21.0. The molecule has 3 aromatic carbocycles. The summed E-state index contributed by atoms with van der Waals surface area (Å²) in [6, 6.07) is 17.7. The minimum atomic E-state index is -0.613. The molecule has 0 bridgehead atoms. The third-order valence-electron chi connectivity index (χ3n) is 7.18. The second-order valence-electron chi connectivity index (χ2n) is 9.74. The molecule has 2 atom stereocenters. The monoisotopic (exact) mass is 533 g/mol. The number of carbonyl (C=O) groups excluding carboxylic acids is 2. The lowest BCUT2D eigenvalue weighted by molar-refractivity contribution is -0.139. The van der Waals surface area contributed by atoms with Crippen molar-refractivity contribution in [2.45, 2.75) is 51.4 Å². The van der Waals surface area contributed by atoms with Gasteiger partial charge in [-0.15, -0.1) is 0 Å². The average molecular weight is 534 g/mol. The molecule has 1 aromatic heterocycles. The van der Waals surface area contributed by atoms with Crippen LogP contribution in [-0.4, -0.2) is 28.8 Å². The van der Waals surface area contributed by atoms with E-state index < -0.39 is 11.9 Å². The van der Waals surface area contributed by atoms with E-state index >= 15 is 0 Å². The fraction of sp³-hybridized carbons (Fsp3) is 0.267. The van der Waals surface area contributed by atoms with E-state index in [-0.39, 0.29) is 35.8 Å². The first-order valence-corrected chi connectivity index (χ1v) is 13.0. The number of benzene rings is 3. The van der Waals surface area contributed by atoms with Gasteiger partial charge in [0.05, 0.1) is 17.7 Å². The highest BCUT2D eigenvalue weighted by molar-refractivity contribution is 6.30. The van der Waals surface area contributed by atoms with Crippen LogP contribution in [0, 0.1) is 5.82 Å². The molecule has 5 rings (SSSR count). The molecule has 1 aliphatic heterocycles. The van der Waals surface area contributed by atoms with Gasteiger partial charge in [0.15, 0.2) is 0 Å². The quantitative estimate of drug-likeness (QED) is 0.324. The predicted octanol–water partition coefficient (Wildman–Crippen LogP) is 5.59. The molecule has 196 valence electrons. The normalized spacial score (nSPS) is 17.2. The van der Waals surface area contributed by atoms with Crippen molar-refractivity contribution >= 4 is 34.4 Å². The third-order valence-corrected chi connectivity index (χ3v) is 7.48. The van der Waals surface area contributed by atoms with Crippen LogP contribution in [0.1, 0.15) is 36.5 Å². The van der Waals surface area contributed by atoms with Crippen LogP contribution in [-0.2, 0) is 29.1 Å². The van der Waals surface area contributed by atoms with E-state index in [0.717, 1.165) is 33.2 Å². The molecule has 1 saturated heterocycles. The van der Waals surface area contributed by atoms with E-state index in [1.807, 2.05) is 49.4 Å². The van der Waals surface area contributed by atoms with Gasteiger partial charge in [-0.1, -0.05) is 41.9 Å². The first-order chi connectivity index (χ1) is 18.4. The highest BCUT2D eigenvalue weighted by Crippen LogP contribution is 2.33. The van der Waals surface area contributed by atoms with Gasteiger partial charge in [0.2, 0.25) is 11.8 Å². The van der Waals surface area contributed by atoms with Crippen molar-refractivity contribution < 1.29 is 18.4 Å². The van der Waals surface area contributed by atoms with E-state index in [2.05, 4.69) is 5.32 Å². The molecule has 4 aromatic rings. The Morgan fingerprint density at radius 3 is 2.74 bits per heavy atom. The van der Waals surface area contributed by atoms with E-state index in [0.29, 0.717) is 24.9 Å². The number of rotatable bonds is 7. The summed E-state index contributed by atoms with van der Waals surface area (Å²) in [6.07, 6.45) is 3.04. The maximum absolute atomic E-state index is 14.3. The summed E-state index contributed by atoms with van der Waals surface area (Å²) in [5.74, 6) is -0.982. The standard InChI is InChI=1S/C30H29ClFN3O3/c1-18-8-9-26(30(37)34-17-23-6-3-7-25(31)28(23)32)35(18)27(36)15-20-13-22-10-11-38-29(22)24(14-20)21-5-2-4-19(12-21)16-33/h2-7,10-14,18,26H,8-9,15-17,33H2,1H3,(H,34,37)/t18-,26+/m1/s1. The van der Waals surface area contributed by atoms with E-state index in [4.69, 9.17) is 21.8 Å². The lowest BCUT2D eigenvalue weighted by Crippen LogP contribution is -2.48. The average Bonchev–Trinajstić information content (AvgIpc) is 3.55. The van der Waals surface area contributed by atoms with Gasteiger partial charge >= 0.3 is 0 Å². The molecule has 0 saturated carbocycles. The maximum atomic E-state index is 14.3. The van der Waals surface area contributed by atoms with Crippen LogP contribution in [0.15, 0.2) is 71.3 Å². The number of amides is 2. The van der Waals surface area contributed by atoms with E-state index in [9.17, 15) is 14.0 Å². The van der Waals surface area contributed by atoms with Crippen molar-refractivity contribution in [2.75, 3.05) is 0 Å². The number of hydrogen-bond acceptors (Lipinski definition) is 4. The smallest absolute Gasteiger partial charge is 0.243 e. The Kier molecular flexibility index (Phi) is 7.49. The van der Waals surface area contributed by atoms with Gasteiger partial charge in [0.1, 0.15) is 17.4 Å². The summed E-state index contributed by atoms with van der Waals surface area (Å²) >= 11 is 5.86. The van der Waals surface area contributed by atoms with Gasteiger partial charge in [-0.2, -0.15) is 0 Å². The molecule has 8 heteroatoms. The number of halogens is 2. The second-order valence-corrected chi connectivity index (χ2v) is 10.1. The van der Waals surface area contributed by atoms with Gasteiger partial charge in [0, 0.05) is 35.6 Å². The van der Waals surface area contributed by atoms with Crippen molar-refractivity contribution in [3.05, 3.63) is 94.5 Å². The molecule has 0 radical (unpaired) electrons. The zero-order chi connectivity index (χ0) is 26.8. The summed E-state index contributed by atoms with van der Waals surface area (Å²) in [7, 11) is 0. The van der Waals surface area contributed by atoms with Crippen molar-refractivity contribution in [2.24, 2.45) is 5.73 Å². The first-order valence-electron chi connectivity index (χ1n) is 12.7. The Hall–Kier alpha value is -3.68. The number of nitrogens with zero attached hydrogens (tertiary/aromatic N) is 1. The highest BCUT2D eigenvalue weighted by Gasteiger charge is 2.38. The van der Waals surface area contributed by atoms with Gasteiger partial charge in [-0.05, 0) is 66.8 Å². The topological polar surface area (TPSA) is 88.6 Å². The second kappa shape index (κ2) is 11.0. The largest absolute Gasteiger partial charge is 0.464 e. The Bertz CT molecular complexity index is 1500. The molecule has 2 heterocycles. The number of carbonyl (C=O) groups is 2. The van der Waals surface area contributed by atoms with E-state index in [1.54, 1.807) is 23.3 Å². The first kappa shape index (κ1) is 25.9. The molecular formula is C30H29ClFN3O3. The van der Waals surface area contributed by atoms with Crippen LogP contribution >= 0.6 is 11.6 Å². The van der Waals surface area contributed by atoms with Crippen LogP contribution in [0.4, 0.5) is 4.39 Å². The summed E-state index contributed by atoms with van der Waals surface area (Å²) < 4.78 is 20.0. The number of nitrogens with one attached hydrogen (secondary N) is 1. The van der Waals surface area contributed by atoms with E-state index in [1.165, 1.54) is 6.07 Å². The zero-order valence-corrected chi connectivity index (χ0v) is 21.8. The number of fused-ring (bicyclic) bond motifs is 1. The fourth-order valence-electron chi connectivity index (χ4n) is 5.24. The molecule has 0 spiro atoms. The Balaban J connectivity index is 1.35. The predicted molar refractivity (Wildman–Crippen MR) is 146 cm³/mol. The lowest BCUT2D eigenvalue weighted by atomic mass is 9.97. The van der Waals surface area contributed by atoms with Gasteiger partial charge in [-0.3, -0.25) is 9.59 Å². The third kappa shape index (κ3) is 5.17. The summed E-state index contributed by atoms with van der Waals surface area (Å²) in [6.45, 7) is 2.37. The van der Waals surface area contributed by atoms with Crippen LogP contribution in [0.5, 0.6) is 0 Å². The number of nitrogens with two attached hydrogens (primary N) is 1. The number of hydrogen-bond donors (Lipinski definition) is 2. The van der Waals surface area contributed by atoms with Gasteiger partial charge in [-0.25, -0.2) is 4.39 Å². The molecule has 0 aliphatic carbocycles. The Morgan fingerprint density at radius 1 is 1.11 bits per heavy atom. The van der Waals surface area contributed by atoms with Crippen LogP contribution < -0.4 is 11.1 Å². The minimum absolute atomic E-state index is 0.000515. The van der Waals surface area contributed by atoms with Crippen molar-refractivity contribution in [1.29, 1.82) is 0 Å². The maximum Gasteiger partial charge on any atom is 0.243 e. The van der Waals surface area contributed by atoms with Gasteiger partial charge in [0.25, 0.3) is 0 Å². The molecule has 2 amide bonds. The summed E-state index contributed by atoms with van der Waals surface area (Å²) in [5, 5.41) is 3.69. The highest BCUT2D eigenvalue weighted by atomic mass is 35.5. The summed E-state index contributed by atoms with van der Waals surface area (Å²) in [5.41, 5.74) is 10.6. The number of furan rings is 1. The minimum Gasteiger partial charge on any atom is -0.464 e. The lowest BCUT2D eigenvalue weighted by Gasteiger charge is -2.28. The Morgan fingerprint density at radius 2 is 1.92 bits per heavy atom. The SMILES string of the molecule is C[C@@H]1CC[C@@H](C(=O)NCc2cccc(Cl)c2F)N1C(=O)Cc1cc(-c2cccc(CN)c2)c2occc2c1. The van der Waals surface area contributed by atoms with Gasteiger partial charge < -0.3 is 20.4 Å². The molecule has 3 N–H and O–H groups in total. The summed E-state index contributed by atoms with van der Waals surface area (Å²) in [4.78, 5) is 28.3. The molecule has 6 nitrogen and oxygen atoms in total. The Labute approximate surface area is 225 Å². The molecule has 38 heavy (non-hydrogen) atoms. The van der Waals surface area contributed by atoms with Crippen LogP contribution in [0.3, 0.4) is 0 Å².